The molecule has 2 rings (SSSR count). The molecule has 0 aliphatic heterocycles. The van der Waals surface area contributed by atoms with E-state index in [4.69, 9.17) is 16.3 Å². The molecule has 2 aromatic rings. The number of aromatic hydroxyl groups is 1. The molecule has 0 aliphatic rings. The Labute approximate surface area is 180 Å². The number of halogens is 1. The number of hydrogen-bond donors (Lipinski definition) is 1. The third-order valence-electron chi connectivity index (χ3n) is 5.09. The van der Waals surface area contributed by atoms with Crippen molar-refractivity contribution in [3.05, 3.63) is 58.6 Å². The number of benzene rings is 2. The van der Waals surface area contributed by atoms with Gasteiger partial charge in [-0.3, -0.25) is 4.79 Å². The van der Waals surface area contributed by atoms with Gasteiger partial charge in [0.1, 0.15) is 11.5 Å². The molecule has 0 unspecified atom stereocenters. The summed E-state index contributed by atoms with van der Waals surface area (Å²) >= 11 is 6.28. The molecule has 0 saturated heterocycles. The normalized spacial score (nSPS) is 10.8. The second-order valence-electron chi connectivity index (χ2n) is 7.53. The van der Waals surface area contributed by atoms with Crippen molar-refractivity contribution in [3.63, 3.8) is 0 Å². The van der Waals surface area contributed by atoms with Gasteiger partial charge in [0.2, 0.25) is 0 Å². The van der Waals surface area contributed by atoms with Gasteiger partial charge >= 0.3 is 0 Å². The van der Waals surface area contributed by atoms with Gasteiger partial charge in [-0.2, -0.15) is 0 Å². The van der Waals surface area contributed by atoms with Crippen molar-refractivity contribution in [3.8, 4) is 11.5 Å². The Morgan fingerprint density at radius 3 is 2.10 bits per heavy atom. The van der Waals surface area contributed by atoms with Gasteiger partial charge < -0.3 is 9.84 Å². The van der Waals surface area contributed by atoms with E-state index in [1.54, 1.807) is 24.3 Å². The summed E-state index contributed by atoms with van der Waals surface area (Å²) in [5, 5.41) is 10.6. The topological polar surface area (TPSA) is 46.5 Å². The number of hydrogen-bond acceptors (Lipinski definition) is 3. The number of carbonyl (C=O) groups excluding carboxylic acids is 1. The first-order valence-corrected chi connectivity index (χ1v) is 11.3. The molecule has 4 heteroatoms. The lowest BCUT2D eigenvalue weighted by Crippen LogP contribution is -2.03. The molecule has 158 valence electrons. The van der Waals surface area contributed by atoms with Gasteiger partial charge in [-0.05, 0) is 12.5 Å². The molecule has 0 atom stereocenters. The predicted octanol–water partition coefficient (Wildman–Crippen LogP) is 7.58. The zero-order chi connectivity index (χ0) is 20.9. The fourth-order valence-corrected chi connectivity index (χ4v) is 3.57. The molecule has 0 radical (unpaired) electrons. The molecule has 0 bridgehead atoms. The van der Waals surface area contributed by atoms with Crippen molar-refractivity contribution >= 4 is 17.4 Å². The molecule has 2 aromatic carbocycles. The van der Waals surface area contributed by atoms with Gasteiger partial charge in [0.25, 0.3) is 0 Å². The van der Waals surface area contributed by atoms with E-state index in [-0.39, 0.29) is 17.1 Å². The highest BCUT2D eigenvalue weighted by Crippen LogP contribution is 2.33. The second kappa shape index (κ2) is 13.3. The average Bonchev–Trinajstić information content (AvgIpc) is 2.74. The fourth-order valence-electron chi connectivity index (χ4n) is 3.35. The molecule has 3 nitrogen and oxygen atoms in total. The summed E-state index contributed by atoms with van der Waals surface area (Å²) in [6.07, 6.45) is 12.6. The van der Waals surface area contributed by atoms with Gasteiger partial charge in [0.15, 0.2) is 5.78 Å². The van der Waals surface area contributed by atoms with E-state index in [1.165, 1.54) is 63.5 Å². The van der Waals surface area contributed by atoms with Crippen LogP contribution in [0.1, 0.15) is 87.1 Å². The SMILES string of the molecule is CCCCCCCCCCCCOc1cc(O)c(C(=O)c2ccccc2)cc1Cl. The molecule has 0 heterocycles. The summed E-state index contributed by atoms with van der Waals surface area (Å²) in [6, 6.07) is 11.8. The van der Waals surface area contributed by atoms with E-state index in [0.717, 1.165) is 12.8 Å². The highest BCUT2D eigenvalue weighted by Gasteiger charge is 2.17. The Bertz CT molecular complexity index is 743. The summed E-state index contributed by atoms with van der Waals surface area (Å²) in [7, 11) is 0. The smallest absolute Gasteiger partial charge is 0.196 e. The monoisotopic (exact) mass is 416 g/mol. The zero-order valence-corrected chi connectivity index (χ0v) is 18.2. The summed E-state index contributed by atoms with van der Waals surface area (Å²) < 4.78 is 5.73. The number of carbonyl (C=O) groups is 1. The Hall–Kier alpha value is -2.00. The van der Waals surface area contributed by atoms with Crippen LogP contribution in [0.25, 0.3) is 0 Å². The third-order valence-corrected chi connectivity index (χ3v) is 5.38. The highest BCUT2D eigenvalue weighted by atomic mass is 35.5. The van der Waals surface area contributed by atoms with Crippen LogP contribution in [0.2, 0.25) is 5.02 Å². The van der Waals surface area contributed by atoms with Gasteiger partial charge in [0, 0.05) is 11.6 Å². The number of ketones is 1. The van der Waals surface area contributed by atoms with Crippen LogP contribution >= 0.6 is 11.6 Å². The molecule has 0 fully saturated rings. The van der Waals surface area contributed by atoms with Crippen molar-refractivity contribution < 1.29 is 14.6 Å². The van der Waals surface area contributed by atoms with Crippen LogP contribution in [0.15, 0.2) is 42.5 Å². The van der Waals surface area contributed by atoms with Crippen LogP contribution in [0.4, 0.5) is 0 Å². The fraction of sp³-hybridized carbons (Fsp3) is 0.480. The van der Waals surface area contributed by atoms with Crippen LogP contribution in [0.5, 0.6) is 11.5 Å². The number of rotatable bonds is 14. The van der Waals surface area contributed by atoms with Crippen LogP contribution < -0.4 is 4.74 Å². The second-order valence-corrected chi connectivity index (χ2v) is 7.93. The lowest BCUT2D eigenvalue weighted by atomic mass is 10.0. The molecule has 1 N–H and O–H groups in total. The Morgan fingerprint density at radius 2 is 1.48 bits per heavy atom. The van der Waals surface area contributed by atoms with Crippen LogP contribution in [-0.4, -0.2) is 17.5 Å². The first-order chi connectivity index (χ1) is 14.1. The van der Waals surface area contributed by atoms with Crippen LogP contribution in [0, 0.1) is 0 Å². The molecule has 0 aromatic heterocycles. The van der Waals surface area contributed by atoms with Gasteiger partial charge in [0.05, 0.1) is 17.2 Å². The lowest BCUT2D eigenvalue weighted by Gasteiger charge is -2.11. The van der Waals surface area contributed by atoms with Gasteiger partial charge in [-0.1, -0.05) is 107 Å². The largest absolute Gasteiger partial charge is 0.507 e. The molecular weight excluding hydrogens is 384 g/mol. The minimum Gasteiger partial charge on any atom is -0.507 e. The van der Waals surface area contributed by atoms with Crippen molar-refractivity contribution in [1.82, 2.24) is 0 Å². The highest BCUT2D eigenvalue weighted by molar-refractivity contribution is 6.32. The van der Waals surface area contributed by atoms with E-state index in [9.17, 15) is 9.90 Å². The number of ether oxygens (including phenoxy) is 1. The van der Waals surface area contributed by atoms with Crippen molar-refractivity contribution in [2.45, 2.75) is 71.1 Å². The van der Waals surface area contributed by atoms with E-state index in [1.807, 2.05) is 6.07 Å². The predicted molar refractivity (Wildman–Crippen MR) is 120 cm³/mol. The number of unbranched alkanes of at least 4 members (excludes halogenated alkanes) is 9. The van der Waals surface area contributed by atoms with Gasteiger partial charge in [-0.15, -0.1) is 0 Å². The maximum absolute atomic E-state index is 12.5. The van der Waals surface area contributed by atoms with Crippen molar-refractivity contribution in [2.75, 3.05) is 6.61 Å². The molecule has 0 aliphatic carbocycles. The molecule has 29 heavy (non-hydrogen) atoms. The standard InChI is InChI=1S/C25H33ClO3/c1-2-3-4-5-6-7-8-9-10-14-17-29-24-19-23(27)21(18-22(24)26)25(28)20-15-12-11-13-16-20/h11-13,15-16,18-19,27H,2-10,14,17H2,1H3. The van der Waals surface area contributed by atoms with E-state index in [2.05, 4.69) is 6.92 Å². The zero-order valence-electron chi connectivity index (χ0n) is 17.5. The first-order valence-electron chi connectivity index (χ1n) is 10.9. The summed E-state index contributed by atoms with van der Waals surface area (Å²) in [6.45, 7) is 2.80. The quantitative estimate of drug-likeness (QED) is 0.255. The van der Waals surface area contributed by atoms with Crippen LogP contribution in [0.3, 0.4) is 0 Å². The van der Waals surface area contributed by atoms with Crippen molar-refractivity contribution in [1.29, 1.82) is 0 Å². The Kier molecular flexibility index (Phi) is 10.6. The number of phenols is 1. The summed E-state index contributed by atoms with van der Waals surface area (Å²) in [4.78, 5) is 12.5. The Balaban J connectivity index is 1.71. The minimum atomic E-state index is -0.258. The van der Waals surface area contributed by atoms with Crippen molar-refractivity contribution in [2.24, 2.45) is 0 Å². The third kappa shape index (κ3) is 8.10. The average molecular weight is 417 g/mol. The van der Waals surface area contributed by atoms with E-state index in [0.29, 0.717) is 22.9 Å². The first kappa shape index (κ1) is 23.3. The molecule has 0 spiro atoms. The molecule has 0 saturated carbocycles. The Morgan fingerprint density at radius 1 is 0.897 bits per heavy atom. The summed E-state index contributed by atoms with van der Waals surface area (Å²) in [5.41, 5.74) is 0.699. The molecule has 0 amide bonds. The van der Waals surface area contributed by atoms with Crippen LogP contribution in [-0.2, 0) is 0 Å². The minimum absolute atomic E-state index is 0.110. The maximum atomic E-state index is 12.5. The lowest BCUT2D eigenvalue weighted by molar-refractivity contribution is 0.103. The molecular formula is C25H33ClO3. The summed E-state index contributed by atoms with van der Waals surface area (Å²) in [5.74, 6) is 0.0530. The maximum Gasteiger partial charge on any atom is 0.196 e. The van der Waals surface area contributed by atoms with Gasteiger partial charge in [-0.25, -0.2) is 0 Å². The van der Waals surface area contributed by atoms with E-state index >= 15 is 0 Å². The number of phenolic OH excluding ortho intramolecular Hbond substituents is 1. The van der Waals surface area contributed by atoms with E-state index < -0.39 is 0 Å².